The number of nitrogens with zero attached hydrogens (tertiary/aromatic N) is 2. The summed E-state index contributed by atoms with van der Waals surface area (Å²) < 4.78 is 1.38. The maximum Gasteiger partial charge on any atom is 0.267 e. The Morgan fingerprint density at radius 1 is 1.04 bits per heavy atom. The maximum absolute atomic E-state index is 13.4. The van der Waals surface area contributed by atoms with Gasteiger partial charge in [0, 0.05) is 16.6 Å². The molecule has 0 aliphatic carbocycles. The predicted octanol–water partition coefficient (Wildman–Crippen LogP) is 4.98. The zero-order valence-corrected chi connectivity index (χ0v) is 18.4. The van der Waals surface area contributed by atoms with Gasteiger partial charge in [-0.15, -0.1) is 0 Å². The van der Waals surface area contributed by atoms with Crippen LogP contribution in [-0.2, 0) is 16.1 Å². The molecule has 4 rings (SSSR count). The van der Waals surface area contributed by atoms with Gasteiger partial charge in [-0.1, -0.05) is 77.2 Å². The molecule has 2 aromatic carbocycles. The summed E-state index contributed by atoms with van der Waals surface area (Å²) in [6.45, 7) is 3.02. The molecule has 0 saturated carbocycles. The van der Waals surface area contributed by atoms with Crippen molar-refractivity contribution in [2.24, 2.45) is 0 Å². The lowest BCUT2D eigenvalue weighted by Crippen LogP contribution is -2.29. The molecular formula is C21H17BrN2O2S2. The Balaban J connectivity index is 1.81. The molecule has 2 aromatic rings. The van der Waals surface area contributed by atoms with E-state index in [2.05, 4.69) is 15.9 Å². The molecule has 2 amide bonds. The van der Waals surface area contributed by atoms with Crippen molar-refractivity contribution in [3.05, 3.63) is 69.0 Å². The third-order valence-corrected chi connectivity index (χ3v) is 6.63. The number of rotatable bonds is 4. The molecule has 0 atom stereocenters. The minimum Gasteiger partial charge on any atom is -0.303 e. The maximum atomic E-state index is 13.4. The number of carbonyl (C=O) groups excluding carboxylic acids is 2. The van der Waals surface area contributed by atoms with Crippen LogP contribution in [0.3, 0.4) is 0 Å². The number of anilines is 1. The number of halogens is 1. The third kappa shape index (κ3) is 3.32. The SMILES string of the molecule is CCCN1C(=O)C(=C2C(=O)N(Cc3ccccc3)c3ccc(Br)cc32)SC1=S. The monoisotopic (exact) mass is 472 g/mol. The zero-order valence-electron chi connectivity index (χ0n) is 15.1. The van der Waals surface area contributed by atoms with Gasteiger partial charge in [-0.25, -0.2) is 0 Å². The fourth-order valence-corrected chi connectivity index (χ4v) is 5.15. The van der Waals surface area contributed by atoms with E-state index in [1.807, 2.05) is 55.5 Å². The number of amides is 2. The second-order valence-corrected chi connectivity index (χ2v) is 9.13. The number of hydrogen-bond donors (Lipinski definition) is 0. The average Bonchev–Trinajstić information content (AvgIpc) is 3.10. The van der Waals surface area contributed by atoms with Crippen LogP contribution < -0.4 is 4.90 Å². The lowest BCUT2D eigenvalue weighted by atomic mass is 10.1. The lowest BCUT2D eigenvalue weighted by Gasteiger charge is -2.17. The van der Waals surface area contributed by atoms with Crippen LogP contribution in [0.25, 0.3) is 5.57 Å². The number of fused-ring (bicyclic) bond motifs is 1. The van der Waals surface area contributed by atoms with Gasteiger partial charge in [-0.3, -0.25) is 14.5 Å². The molecule has 7 heteroatoms. The first-order chi connectivity index (χ1) is 13.5. The van der Waals surface area contributed by atoms with E-state index in [0.29, 0.717) is 27.9 Å². The number of hydrogen-bond acceptors (Lipinski definition) is 4. The normalized spacial score (nSPS) is 19.0. The van der Waals surface area contributed by atoms with E-state index in [9.17, 15) is 9.59 Å². The van der Waals surface area contributed by atoms with Crippen LogP contribution >= 0.6 is 39.9 Å². The van der Waals surface area contributed by atoms with Gasteiger partial charge in [0.15, 0.2) is 0 Å². The van der Waals surface area contributed by atoms with Gasteiger partial charge in [-0.2, -0.15) is 0 Å². The van der Waals surface area contributed by atoms with E-state index >= 15 is 0 Å². The Kier molecular flexibility index (Phi) is 5.40. The van der Waals surface area contributed by atoms with Crippen LogP contribution in [-0.4, -0.2) is 27.6 Å². The van der Waals surface area contributed by atoms with E-state index < -0.39 is 0 Å². The van der Waals surface area contributed by atoms with Crippen LogP contribution in [0.4, 0.5) is 5.69 Å². The Bertz CT molecular complexity index is 1020. The molecule has 142 valence electrons. The van der Waals surface area contributed by atoms with Crippen molar-refractivity contribution in [2.45, 2.75) is 19.9 Å². The van der Waals surface area contributed by atoms with Crippen molar-refractivity contribution in [3.63, 3.8) is 0 Å². The van der Waals surface area contributed by atoms with E-state index in [1.165, 1.54) is 11.8 Å². The first-order valence-electron chi connectivity index (χ1n) is 8.95. The van der Waals surface area contributed by atoms with Crippen molar-refractivity contribution in [3.8, 4) is 0 Å². The van der Waals surface area contributed by atoms with Gasteiger partial charge in [0.25, 0.3) is 11.8 Å². The lowest BCUT2D eigenvalue weighted by molar-refractivity contribution is -0.122. The van der Waals surface area contributed by atoms with Crippen LogP contribution in [0.15, 0.2) is 57.9 Å². The minimum absolute atomic E-state index is 0.158. The van der Waals surface area contributed by atoms with Crippen molar-refractivity contribution >= 4 is 67.3 Å². The largest absolute Gasteiger partial charge is 0.303 e. The highest BCUT2D eigenvalue weighted by Gasteiger charge is 2.41. The topological polar surface area (TPSA) is 40.6 Å². The standard InChI is InChI=1S/C21H17BrN2O2S2/c1-2-10-23-20(26)18(28-21(23)27)17-15-11-14(22)8-9-16(15)24(19(17)25)12-13-6-4-3-5-7-13/h3-9,11H,2,10,12H2,1H3. The minimum atomic E-state index is -0.173. The molecule has 1 fully saturated rings. The van der Waals surface area contributed by atoms with Crippen molar-refractivity contribution in [1.29, 1.82) is 0 Å². The molecular weight excluding hydrogens is 456 g/mol. The summed E-state index contributed by atoms with van der Waals surface area (Å²) in [5.74, 6) is -0.332. The Morgan fingerprint density at radius 3 is 2.50 bits per heavy atom. The second kappa shape index (κ2) is 7.81. The van der Waals surface area contributed by atoms with Gasteiger partial charge < -0.3 is 4.90 Å². The quantitative estimate of drug-likeness (QED) is 0.464. The van der Waals surface area contributed by atoms with Crippen LogP contribution in [0.2, 0.25) is 0 Å². The van der Waals surface area contributed by atoms with Crippen LogP contribution in [0, 0.1) is 0 Å². The second-order valence-electron chi connectivity index (χ2n) is 6.57. The predicted molar refractivity (Wildman–Crippen MR) is 121 cm³/mol. The van der Waals surface area contributed by atoms with Gasteiger partial charge in [0.1, 0.15) is 4.32 Å². The van der Waals surface area contributed by atoms with Gasteiger partial charge in [0.05, 0.1) is 22.7 Å². The molecule has 0 N–H and O–H groups in total. The molecule has 2 heterocycles. The third-order valence-electron chi connectivity index (χ3n) is 4.68. The molecule has 2 aliphatic rings. The van der Waals surface area contributed by atoms with E-state index in [1.54, 1.807) is 9.80 Å². The Hall–Kier alpha value is -1.96. The number of carbonyl (C=O) groups is 2. The molecule has 4 nitrogen and oxygen atoms in total. The van der Waals surface area contributed by atoms with E-state index in [4.69, 9.17) is 12.2 Å². The summed E-state index contributed by atoms with van der Waals surface area (Å²) in [6.07, 6.45) is 0.811. The summed E-state index contributed by atoms with van der Waals surface area (Å²) in [4.78, 5) is 30.1. The summed E-state index contributed by atoms with van der Waals surface area (Å²) in [5.41, 5.74) is 3.06. The number of thiocarbonyl (C=S) groups is 1. The number of thioether (sulfide) groups is 1. The molecule has 0 aromatic heterocycles. The highest BCUT2D eigenvalue weighted by molar-refractivity contribution is 9.10. The first-order valence-corrected chi connectivity index (χ1v) is 11.0. The summed E-state index contributed by atoms with van der Waals surface area (Å²) in [6, 6.07) is 15.6. The molecule has 28 heavy (non-hydrogen) atoms. The van der Waals surface area contributed by atoms with Crippen LogP contribution in [0.1, 0.15) is 24.5 Å². The molecule has 0 spiro atoms. The van der Waals surface area contributed by atoms with E-state index in [0.717, 1.165) is 27.7 Å². The van der Waals surface area contributed by atoms with Gasteiger partial charge in [-0.05, 0) is 30.2 Å². The molecule has 1 saturated heterocycles. The van der Waals surface area contributed by atoms with Crippen molar-refractivity contribution in [1.82, 2.24) is 4.90 Å². The Labute approximate surface area is 181 Å². The number of benzene rings is 2. The van der Waals surface area contributed by atoms with Crippen molar-refractivity contribution in [2.75, 3.05) is 11.4 Å². The van der Waals surface area contributed by atoms with Gasteiger partial charge in [0.2, 0.25) is 0 Å². The first kappa shape index (κ1) is 19.4. The van der Waals surface area contributed by atoms with Crippen molar-refractivity contribution < 1.29 is 9.59 Å². The molecule has 0 radical (unpaired) electrons. The summed E-state index contributed by atoms with van der Waals surface area (Å²) >= 11 is 10.1. The Morgan fingerprint density at radius 2 is 1.79 bits per heavy atom. The molecule has 2 aliphatic heterocycles. The average molecular weight is 473 g/mol. The van der Waals surface area contributed by atoms with Gasteiger partial charge >= 0.3 is 0 Å². The fourth-order valence-electron chi connectivity index (χ4n) is 3.41. The molecule has 0 unspecified atom stereocenters. The zero-order chi connectivity index (χ0) is 19.8. The highest BCUT2D eigenvalue weighted by atomic mass is 79.9. The van der Waals surface area contributed by atoms with Crippen LogP contribution in [0.5, 0.6) is 0 Å². The smallest absolute Gasteiger partial charge is 0.267 e. The highest BCUT2D eigenvalue weighted by Crippen LogP contribution is 2.45. The summed E-state index contributed by atoms with van der Waals surface area (Å²) in [7, 11) is 0. The molecule has 0 bridgehead atoms. The summed E-state index contributed by atoms with van der Waals surface area (Å²) in [5, 5.41) is 0. The fraction of sp³-hybridized carbons (Fsp3) is 0.190. The van der Waals surface area contributed by atoms with E-state index in [-0.39, 0.29) is 11.8 Å².